The van der Waals surface area contributed by atoms with Crippen LogP contribution in [0, 0.1) is 0 Å². The molecule has 0 spiro atoms. The number of hydrogen-bond donors (Lipinski definition) is 1. The van der Waals surface area contributed by atoms with Gasteiger partial charge in [-0.25, -0.2) is 9.97 Å². The molecule has 4 nitrogen and oxygen atoms in total. The molecule has 0 saturated heterocycles. The van der Waals surface area contributed by atoms with Crippen molar-refractivity contribution in [3.8, 4) is 11.8 Å². The Balaban J connectivity index is 1.64. The fourth-order valence-corrected chi connectivity index (χ4v) is 2.03. The summed E-state index contributed by atoms with van der Waals surface area (Å²) in [6, 6.07) is 9.08. The second kappa shape index (κ2) is 6.01. The second-order valence-corrected chi connectivity index (χ2v) is 5.09. The predicted octanol–water partition coefficient (Wildman–Crippen LogP) is 3.08. The normalized spacial score (nSPS) is 14.2. The highest BCUT2D eigenvalue weighted by molar-refractivity contribution is 5.35. The van der Waals surface area contributed by atoms with E-state index in [1.807, 2.05) is 30.6 Å². The van der Waals surface area contributed by atoms with Gasteiger partial charge in [-0.15, -0.1) is 0 Å². The minimum Gasteiger partial charge on any atom is -0.424 e. The van der Waals surface area contributed by atoms with Gasteiger partial charge in [0, 0.05) is 30.5 Å². The van der Waals surface area contributed by atoms with Crippen molar-refractivity contribution in [2.45, 2.75) is 38.8 Å². The summed E-state index contributed by atoms with van der Waals surface area (Å²) in [4.78, 5) is 8.55. The van der Waals surface area contributed by atoms with Crippen molar-refractivity contribution in [3.63, 3.8) is 0 Å². The molecule has 104 valence electrons. The van der Waals surface area contributed by atoms with Crippen LogP contribution in [-0.2, 0) is 13.0 Å². The zero-order chi connectivity index (χ0) is 13.8. The number of hydrogen-bond acceptors (Lipinski definition) is 4. The van der Waals surface area contributed by atoms with E-state index in [0.29, 0.717) is 12.1 Å². The van der Waals surface area contributed by atoms with Gasteiger partial charge in [0.15, 0.2) is 0 Å². The number of para-hydroxylation sites is 1. The topological polar surface area (TPSA) is 47.0 Å². The minimum absolute atomic E-state index is 0.404. The third kappa shape index (κ3) is 3.33. The Hall–Kier alpha value is -1.94. The summed E-state index contributed by atoms with van der Waals surface area (Å²) in [6.45, 7) is 2.94. The number of benzene rings is 1. The molecule has 4 heteroatoms. The standard InChI is InChI=1S/C16H19N3O/c1-2-13-5-3-4-6-15(13)20-16-18-10-12(11-19-16)9-17-14-7-8-14/h3-6,10-11,14,17H,2,7-9H2,1H3. The average molecular weight is 269 g/mol. The Morgan fingerprint density at radius 1 is 1.20 bits per heavy atom. The van der Waals surface area contributed by atoms with E-state index in [1.165, 1.54) is 12.8 Å². The van der Waals surface area contributed by atoms with Crippen molar-refractivity contribution >= 4 is 0 Å². The summed E-state index contributed by atoms with van der Waals surface area (Å²) in [5.41, 5.74) is 2.25. The molecule has 1 N–H and O–H groups in total. The number of ether oxygens (including phenoxy) is 1. The molecular weight excluding hydrogens is 250 g/mol. The van der Waals surface area contributed by atoms with Crippen LogP contribution < -0.4 is 10.1 Å². The summed E-state index contributed by atoms with van der Waals surface area (Å²) in [5, 5.41) is 3.44. The third-order valence-electron chi connectivity index (χ3n) is 3.41. The molecule has 0 aliphatic heterocycles. The number of aromatic nitrogens is 2. The van der Waals surface area contributed by atoms with Gasteiger partial charge in [-0.2, -0.15) is 0 Å². The van der Waals surface area contributed by atoms with Gasteiger partial charge >= 0.3 is 6.01 Å². The quantitative estimate of drug-likeness (QED) is 0.875. The zero-order valence-corrected chi connectivity index (χ0v) is 11.7. The van der Waals surface area contributed by atoms with Crippen LogP contribution in [0.3, 0.4) is 0 Å². The van der Waals surface area contributed by atoms with Gasteiger partial charge in [-0.05, 0) is 30.9 Å². The predicted molar refractivity (Wildman–Crippen MR) is 77.8 cm³/mol. The molecule has 1 fully saturated rings. The molecule has 2 aromatic rings. The van der Waals surface area contributed by atoms with Crippen molar-refractivity contribution in [3.05, 3.63) is 47.8 Å². The lowest BCUT2D eigenvalue weighted by Gasteiger charge is -2.08. The smallest absolute Gasteiger partial charge is 0.321 e. The SMILES string of the molecule is CCc1ccccc1Oc1ncc(CNC2CC2)cn1. The van der Waals surface area contributed by atoms with E-state index in [1.54, 1.807) is 0 Å². The molecule has 1 aliphatic carbocycles. The van der Waals surface area contributed by atoms with Gasteiger partial charge < -0.3 is 10.1 Å². The fourth-order valence-electron chi connectivity index (χ4n) is 2.03. The molecule has 1 heterocycles. The van der Waals surface area contributed by atoms with E-state index in [-0.39, 0.29) is 0 Å². The molecular formula is C16H19N3O. The third-order valence-corrected chi connectivity index (χ3v) is 3.41. The highest BCUT2D eigenvalue weighted by Gasteiger charge is 2.19. The van der Waals surface area contributed by atoms with Gasteiger partial charge in [-0.1, -0.05) is 25.1 Å². The Labute approximate surface area is 119 Å². The fraction of sp³-hybridized carbons (Fsp3) is 0.375. The number of nitrogens with one attached hydrogen (secondary N) is 1. The van der Waals surface area contributed by atoms with Crippen molar-refractivity contribution in [2.75, 3.05) is 0 Å². The van der Waals surface area contributed by atoms with E-state index in [4.69, 9.17) is 4.74 Å². The van der Waals surface area contributed by atoms with Crippen LogP contribution in [0.25, 0.3) is 0 Å². The maximum Gasteiger partial charge on any atom is 0.321 e. The molecule has 0 amide bonds. The maximum atomic E-state index is 5.75. The van der Waals surface area contributed by atoms with Gasteiger partial charge in [0.1, 0.15) is 5.75 Å². The monoisotopic (exact) mass is 269 g/mol. The molecule has 0 atom stereocenters. The molecule has 0 bridgehead atoms. The molecule has 0 radical (unpaired) electrons. The Bertz CT molecular complexity index is 564. The first-order chi connectivity index (χ1) is 9.85. The number of aryl methyl sites for hydroxylation is 1. The van der Waals surface area contributed by atoms with Crippen molar-refractivity contribution in [1.82, 2.24) is 15.3 Å². The first kappa shape index (κ1) is 13.1. The lowest BCUT2D eigenvalue weighted by atomic mass is 10.1. The molecule has 1 aromatic heterocycles. The van der Waals surface area contributed by atoms with Gasteiger partial charge in [-0.3, -0.25) is 0 Å². The van der Waals surface area contributed by atoms with Crippen molar-refractivity contribution in [2.24, 2.45) is 0 Å². The average Bonchev–Trinajstić information content (AvgIpc) is 3.31. The largest absolute Gasteiger partial charge is 0.424 e. The highest BCUT2D eigenvalue weighted by Crippen LogP contribution is 2.23. The first-order valence-electron chi connectivity index (χ1n) is 7.15. The van der Waals surface area contributed by atoms with Crippen LogP contribution in [0.15, 0.2) is 36.7 Å². The Morgan fingerprint density at radius 2 is 1.95 bits per heavy atom. The summed E-state index contributed by atoms with van der Waals surface area (Å²) in [5.74, 6) is 0.832. The van der Waals surface area contributed by atoms with Crippen LogP contribution in [-0.4, -0.2) is 16.0 Å². The summed E-state index contributed by atoms with van der Waals surface area (Å²) in [7, 11) is 0. The molecule has 3 rings (SSSR count). The molecule has 1 saturated carbocycles. The Kier molecular flexibility index (Phi) is 3.92. The summed E-state index contributed by atoms with van der Waals surface area (Å²) in [6.07, 6.45) is 7.16. The van der Waals surface area contributed by atoms with Crippen LogP contribution in [0.2, 0.25) is 0 Å². The van der Waals surface area contributed by atoms with Crippen LogP contribution in [0.1, 0.15) is 30.9 Å². The van der Waals surface area contributed by atoms with E-state index >= 15 is 0 Å². The lowest BCUT2D eigenvalue weighted by molar-refractivity contribution is 0.436. The highest BCUT2D eigenvalue weighted by atomic mass is 16.5. The second-order valence-electron chi connectivity index (χ2n) is 5.09. The van der Waals surface area contributed by atoms with E-state index in [2.05, 4.69) is 28.3 Å². The molecule has 1 aromatic carbocycles. The van der Waals surface area contributed by atoms with Crippen molar-refractivity contribution in [1.29, 1.82) is 0 Å². The minimum atomic E-state index is 0.404. The molecule has 20 heavy (non-hydrogen) atoms. The number of nitrogens with zero attached hydrogens (tertiary/aromatic N) is 2. The summed E-state index contributed by atoms with van der Waals surface area (Å²) >= 11 is 0. The van der Waals surface area contributed by atoms with Gasteiger partial charge in [0.2, 0.25) is 0 Å². The lowest BCUT2D eigenvalue weighted by Crippen LogP contribution is -2.15. The maximum absolute atomic E-state index is 5.75. The van der Waals surface area contributed by atoms with E-state index in [9.17, 15) is 0 Å². The van der Waals surface area contributed by atoms with Crippen LogP contribution >= 0.6 is 0 Å². The van der Waals surface area contributed by atoms with E-state index in [0.717, 1.165) is 29.8 Å². The van der Waals surface area contributed by atoms with Crippen LogP contribution in [0.4, 0.5) is 0 Å². The van der Waals surface area contributed by atoms with Crippen molar-refractivity contribution < 1.29 is 4.74 Å². The summed E-state index contributed by atoms with van der Waals surface area (Å²) < 4.78 is 5.75. The first-order valence-corrected chi connectivity index (χ1v) is 7.15. The zero-order valence-electron chi connectivity index (χ0n) is 11.7. The van der Waals surface area contributed by atoms with Gasteiger partial charge in [0.25, 0.3) is 0 Å². The van der Waals surface area contributed by atoms with Crippen LogP contribution in [0.5, 0.6) is 11.8 Å². The van der Waals surface area contributed by atoms with E-state index < -0.39 is 0 Å². The molecule has 1 aliphatic rings. The number of rotatable bonds is 6. The molecule has 0 unspecified atom stereocenters. The Morgan fingerprint density at radius 3 is 2.65 bits per heavy atom. The van der Waals surface area contributed by atoms with Gasteiger partial charge in [0.05, 0.1) is 0 Å².